The molecule has 1 saturated heterocycles. The number of carbonyl (C=O) groups excluding carboxylic acids is 1. The van der Waals surface area contributed by atoms with Crippen LogP contribution in [0.15, 0.2) is 22.8 Å². The van der Waals surface area contributed by atoms with Gasteiger partial charge in [-0.2, -0.15) is 10.2 Å². The second kappa shape index (κ2) is 5.77. The Balaban J connectivity index is 1.56. The number of ketones is 1. The van der Waals surface area contributed by atoms with E-state index in [0.717, 1.165) is 11.3 Å². The average molecular weight is 399 g/mol. The van der Waals surface area contributed by atoms with E-state index in [0.29, 0.717) is 42.8 Å². The number of nitrogens with two attached hydrogens (primary N) is 1. The topological polar surface area (TPSA) is 109 Å². The molecule has 0 saturated carbocycles. The highest BCUT2D eigenvalue weighted by atomic mass is 79.9. The number of hydrogen-bond acceptors (Lipinski definition) is 7. The maximum absolute atomic E-state index is 12.9. The zero-order valence-corrected chi connectivity index (χ0v) is 15.0. The molecule has 0 atom stereocenters. The molecule has 0 amide bonds. The summed E-state index contributed by atoms with van der Waals surface area (Å²) in [5.41, 5.74) is 7.37. The minimum absolute atomic E-state index is 0.198. The van der Waals surface area contributed by atoms with Crippen molar-refractivity contribution in [2.75, 3.05) is 23.7 Å². The molecule has 7 nitrogen and oxygen atoms in total. The average Bonchev–Trinajstić information content (AvgIpc) is 2.90. The molecule has 2 aromatic rings. The van der Waals surface area contributed by atoms with Gasteiger partial charge in [0, 0.05) is 36.7 Å². The Bertz CT molecular complexity index is 914. The van der Waals surface area contributed by atoms with Crippen molar-refractivity contribution in [1.82, 2.24) is 15.0 Å². The van der Waals surface area contributed by atoms with E-state index >= 15 is 0 Å². The third kappa shape index (κ3) is 2.46. The van der Waals surface area contributed by atoms with Crippen molar-refractivity contribution in [1.29, 1.82) is 5.26 Å². The van der Waals surface area contributed by atoms with Crippen LogP contribution in [-0.4, -0.2) is 33.8 Å². The molecule has 4 rings (SSSR count). The van der Waals surface area contributed by atoms with Crippen molar-refractivity contribution in [2.45, 2.75) is 19.3 Å². The quantitative estimate of drug-likeness (QED) is 0.782. The molecule has 2 aromatic heterocycles. The van der Waals surface area contributed by atoms with Crippen molar-refractivity contribution in [3.8, 4) is 6.07 Å². The summed E-state index contributed by atoms with van der Waals surface area (Å²) in [6, 6.07) is 5.69. The van der Waals surface area contributed by atoms with Crippen molar-refractivity contribution in [2.24, 2.45) is 5.41 Å². The third-order valence-corrected chi connectivity index (χ3v) is 5.88. The van der Waals surface area contributed by atoms with Crippen LogP contribution in [0, 0.1) is 16.7 Å². The molecule has 1 aliphatic heterocycles. The van der Waals surface area contributed by atoms with Crippen LogP contribution in [0.1, 0.15) is 34.6 Å². The van der Waals surface area contributed by atoms with E-state index in [4.69, 9.17) is 5.73 Å². The number of hydrogen-bond donors (Lipinski definition) is 1. The van der Waals surface area contributed by atoms with Crippen LogP contribution < -0.4 is 10.6 Å². The lowest BCUT2D eigenvalue weighted by atomic mass is 9.75. The van der Waals surface area contributed by atoms with Gasteiger partial charge in [-0.1, -0.05) is 0 Å². The third-order valence-electron chi connectivity index (χ3n) is 5.10. The van der Waals surface area contributed by atoms with Crippen LogP contribution in [-0.2, 0) is 6.42 Å². The van der Waals surface area contributed by atoms with E-state index in [1.54, 1.807) is 6.20 Å². The molecule has 0 unspecified atom stereocenters. The lowest BCUT2D eigenvalue weighted by Crippen LogP contribution is -2.44. The molecule has 25 heavy (non-hydrogen) atoms. The summed E-state index contributed by atoms with van der Waals surface area (Å²) in [5.74, 6) is 0.882. The summed E-state index contributed by atoms with van der Waals surface area (Å²) < 4.78 is 0.416. The highest BCUT2D eigenvalue weighted by Crippen LogP contribution is 2.44. The lowest BCUT2D eigenvalue weighted by molar-refractivity contribution is 0.0774. The predicted octanol–water partition coefficient (Wildman–Crippen LogP) is 2.11. The van der Waals surface area contributed by atoms with Crippen LogP contribution in [0.5, 0.6) is 0 Å². The Morgan fingerprint density at radius 2 is 2.08 bits per heavy atom. The summed E-state index contributed by atoms with van der Waals surface area (Å²) in [4.78, 5) is 27.8. The number of piperidine rings is 1. The fourth-order valence-corrected chi connectivity index (χ4v) is 3.94. The van der Waals surface area contributed by atoms with Gasteiger partial charge < -0.3 is 10.6 Å². The first-order valence-electron chi connectivity index (χ1n) is 8.01. The molecule has 0 radical (unpaired) electrons. The number of carbonyl (C=O) groups is 1. The second-order valence-electron chi connectivity index (χ2n) is 6.45. The molecule has 1 fully saturated rings. The molecular weight excluding hydrogens is 384 g/mol. The van der Waals surface area contributed by atoms with Gasteiger partial charge in [-0.3, -0.25) is 9.78 Å². The Hall–Kier alpha value is -2.53. The van der Waals surface area contributed by atoms with Crippen molar-refractivity contribution in [3.05, 3.63) is 39.8 Å². The number of rotatable bonds is 1. The second-order valence-corrected chi connectivity index (χ2v) is 7.25. The first-order valence-corrected chi connectivity index (χ1v) is 8.80. The van der Waals surface area contributed by atoms with E-state index < -0.39 is 0 Å². The Morgan fingerprint density at radius 3 is 2.76 bits per heavy atom. The van der Waals surface area contributed by atoms with E-state index in [1.165, 1.54) is 0 Å². The zero-order chi connectivity index (χ0) is 17.6. The highest BCUT2D eigenvalue weighted by molar-refractivity contribution is 9.10. The molecule has 0 aromatic carbocycles. The minimum Gasteiger partial charge on any atom is -0.383 e. The van der Waals surface area contributed by atoms with Crippen molar-refractivity contribution < 1.29 is 4.79 Å². The van der Waals surface area contributed by atoms with Gasteiger partial charge in [0.1, 0.15) is 11.9 Å². The van der Waals surface area contributed by atoms with Gasteiger partial charge in [0.05, 0.1) is 10.2 Å². The first kappa shape index (κ1) is 16.0. The first-order chi connectivity index (χ1) is 12.0. The monoisotopic (exact) mass is 398 g/mol. The van der Waals surface area contributed by atoms with Crippen LogP contribution in [0.2, 0.25) is 0 Å². The van der Waals surface area contributed by atoms with E-state index in [1.807, 2.05) is 23.1 Å². The molecule has 2 aliphatic rings. The predicted molar refractivity (Wildman–Crippen MR) is 95.0 cm³/mol. The van der Waals surface area contributed by atoms with Crippen LogP contribution in [0.4, 0.5) is 11.8 Å². The Kier molecular flexibility index (Phi) is 3.69. The van der Waals surface area contributed by atoms with Gasteiger partial charge in [0.25, 0.3) is 0 Å². The SMILES string of the molecule is N#Cc1nc(N2CCC3(CC2)Cc2ncccc2C3=O)nc(N)c1Br. The van der Waals surface area contributed by atoms with E-state index in [2.05, 4.69) is 30.9 Å². The number of nitrogens with zero attached hydrogens (tertiary/aromatic N) is 5. The fraction of sp³-hybridized carbons (Fsp3) is 0.353. The fourth-order valence-electron chi connectivity index (χ4n) is 3.68. The molecule has 0 bridgehead atoms. The zero-order valence-electron chi connectivity index (χ0n) is 13.4. The number of fused-ring (bicyclic) bond motifs is 1. The minimum atomic E-state index is -0.369. The number of aromatic nitrogens is 3. The molecule has 8 heteroatoms. The summed E-state index contributed by atoms with van der Waals surface area (Å²) >= 11 is 3.23. The van der Waals surface area contributed by atoms with Gasteiger partial charge in [-0.25, -0.2) is 4.98 Å². The summed E-state index contributed by atoms with van der Waals surface area (Å²) in [5, 5.41) is 9.17. The van der Waals surface area contributed by atoms with E-state index in [9.17, 15) is 10.1 Å². The molecular formula is C17H15BrN6O. The molecule has 3 heterocycles. The normalized spacial score (nSPS) is 18.2. The summed E-state index contributed by atoms with van der Waals surface area (Å²) in [7, 11) is 0. The van der Waals surface area contributed by atoms with Crippen molar-refractivity contribution in [3.63, 3.8) is 0 Å². The van der Waals surface area contributed by atoms with Gasteiger partial charge >= 0.3 is 0 Å². The Labute approximate surface area is 153 Å². The van der Waals surface area contributed by atoms with Gasteiger partial charge in [-0.05, 0) is 40.9 Å². The van der Waals surface area contributed by atoms with Gasteiger partial charge in [0.2, 0.25) is 5.95 Å². The molecule has 2 N–H and O–H groups in total. The number of pyridine rings is 1. The number of nitriles is 1. The van der Waals surface area contributed by atoms with Gasteiger partial charge in [0.15, 0.2) is 11.5 Å². The smallest absolute Gasteiger partial charge is 0.228 e. The highest BCUT2D eigenvalue weighted by Gasteiger charge is 2.47. The maximum Gasteiger partial charge on any atom is 0.228 e. The number of halogens is 1. The summed E-state index contributed by atoms with van der Waals surface area (Å²) in [6.07, 6.45) is 3.86. The number of anilines is 2. The van der Waals surface area contributed by atoms with Crippen LogP contribution >= 0.6 is 15.9 Å². The number of nitrogen functional groups attached to an aromatic ring is 1. The number of Topliss-reactive ketones (excluding diaryl/α,β-unsaturated/α-hetero) is 1. The Morgan fingerprint density at radius 1 is 1.32 bits per heavy atom. The molecule has 126 valence electrons. The molecule has 1 aliphatic carbocycles. The standard InChI is InChI=1S/C17H15BrN6O/c18-13-12(9-19)22-16(23-15(13)20)24-6-3-17(4-7-24)8-11-10(14(17)25)2-1-5-21-11/h1-2,5H,3-4,6-8H2,(H2,20,22,23). The summed E-state index contributed by atoms with van der Waals surface area (Å²) in [6.45, 7) is 1.29. The molecule has 1 spiro atoms. The largest absolute Gasteiger partial charge is 0.383 e. The lowest BCUT2D eigenvalue weighted by Gasteiger charge is -2.38. The van der Waals surface area contributed by atoms with Gasteiger partial charge in [-0.15, -0.1) is 0 Å². The van der Waals surface area contributed by atoms with E-state index in [-0.39, 0.29) is 22.7 Å². The van der Waals surface area contributed by atoms with Crippen LogP contribution in [0.25, 0.3) is 0 Å². The maximum atomic E-state index is 12.9. The van der Waals surface area contributed by atoms with Crippen LogP contribution in [0.3, 0.4) is 0 Å². The van der Waals surface area contributed by atoms with Crippen molar-refractivity contribution >= 4 is 33.5 Å².